The molecule has 0 aromatic carbocycles. The molecule has 1 aromatic rings. The van der Waals surface area contributed by atoms with E-state index in [9.17, 15) is 0 Å². The van der Waals surface area contributed by atoms with E-state index in [2.05, 4.69) is 53.3 Å². The molecule has 1 aliphatic carbocycles. The zero-order chi connectivity index (χ0) is 23.2. The Morgan fingerprint density at radius 3 is 2.75 bits per heavy atom. The molecule has 0 saturated heterocycles. The lowest BCUT2D eigenvalue weighted by Crippen LogP contribution is -2.33. The number of anilines is 3. The third kappa shape index (κ3) is 8.82. The maximum atomic E-state index is 6.08. The summed E-state index contributed by atoms with van der Waals surface area (Å²) in [5, 5.41) is 0. The van der Waals surface area contributed by atoms with Crippen molar-refractivity contribution in [2.75, 3.05) is 56.6 Å². The van der Waals surface area contributed by atoms with Crippen molar-refractivity contribution in [3.05, 3.63) is 53.9 Å². The van der Waals surface area contributed by atoms with E-state index >= 15 is 0 Å². The van der Waals surface area contributed by atoms with Crippen molar-refractivity contribution in [2.24, 2.45) is 0 Å². The van der Waals surface area contributed by atoms with Crippen LogP contribution in [-0.2, 0) is 14.2 Å². The Morgan fingerprint density at radius 2 is 2.03 bits per heavy atom. The normalized spacial score (nSPS) is 15.2. The minimum Gasteiger partial charge on any atom is -0.393 e. The number of nitrogens with two attached hydrogens (primary N) is 2. The molecule has 0 amide bonds. The minimum atomic E-state index is -0.251. The first-order valence-electron chi connectivity index (χ1n) is 11.1. The van der Waals surface area contributed by atoms with Crippen LogP contribution in [0.1, 0.15) is 33.1 Å². The molecule has 1 unspecified atom stereocenters. The SMILES string of the molecule is C/C=C(\C=C/CC)COCC(COCC1=CCCC=C1)OCN(C)c1ncnc(N)c1N. The fourth-order valence-corrected chi connectivity index (χ4v) is 3.01. The van der Waals surface area contributed by atoms with Crippen LogP contribution in [0.25, 0.3) is 0 Å². The van der Waals surface area contributed by atoms with Gasteiger partial charge in [-0.3, -0.25) is 0 Å². The number of ether oxygens (including phenoxy) is 3. The molecule has 0 spiro atoms. The van der Waals surface area contributed by atoms with Gasteiger partial charge in [0.25, 0.3) is 0 Å². The third-order valence-electron chi connectivity index (χ3n) is 4.91. The molecule has 1 heterocycles. The van der Waals surface area contributed by atoms with Gasteiger partial charge in [-0.25, -0.2) is 9.97 Å². The van der Waals surface area contributed by atoms with Crippen molar-refractivity contribution in [1.82, 2.24) is 9.97 Å². The molecule has 0 radical (unpaired) electrons. The van der Waals surface area contributed by atoms with E-state index in [-0.39, 0.29) is 18.7 Å². The zero-order valence-electron chi connectivity index (χ0n) is 19.5. The van der Waals surface area contributed by atoms with Gasteiger partial charge in [-0.1, -0.05) is 43.4 Å². The smallest absolute Gasteiger partial charge is 0.159 e. The van der Waals surface area contributed by atoms with E-state index in [1.165, 1.54) is 11.9 Å². The molecule has 1 aliphatic rings. The molecule has 0 bridgehead atoms. The van der Waals surface area contributed by atoms with E-state index < -0.39 is 0 Å². The lowest BCUT2D eigenvalue weighted by molar-refractivity contribution is -0.0520. The van der Waals surface area contributed by atoms with Crippen LogP contribution in [0.5, 0.6) is 0 Å². The fraction of sp³-hybridized carbons (Fsp3) is 0.500. The summed E-state index contributed by atoms with van der Waals surface area (Å²) in [5.74, 6) is 0.773. The molecule has 1 aromatic heterocycles. The molecule has 0 fully saturated rings. The summed E-state index contributed by atoms with van der Waals surface area (Å²) in [5.41, 5.74) is 14.4. The van der Waals surface area contributed by atoms with Gasteiger partial charge in [-0.05, 0) is 37.3 Å². The molecule has 4 N–H and O–H groups in total. The van der Waals surface area contributed by atoms with E-state index in [0.717, 1.165) is 24.8 Å². The van der Waals surface area contributed by atoms with Crippen LogP contribution in [0.15, 0.2) is 53.9 Å². The van der Waals surface area contributed by atoms with Crippen molar-refractivity contribution in [3.63, 3.8) is 0 Å². The molecule has 0 saturated carbocycles. The number of nitrogens with zero attached hydrogens (tertiary/aromatic N) is 3. The minimum absolute atomic E-state index is 0.248. The topological polar surface area (TPSA) is 109 Å². The Morgan fingerprint density at radius 1 is 1.22 bits per heavy atom. The lowest BCUT2D eigenvalue weighted by Gasteiger charge is -2.24. The Hall–Kier alpha value is -2.68. The Kier molecular flexibility index (Phi) is 11.5. The molecular weight excluding hydrogens is 406 g/mol. The van der Waals surface area contributed by atoms with Crippen LogP contribution in [0, 0.1) is 0 Å². The van der Waals surface area contributed by atoms with Gasteiger partial charge in [0, 0.05) is 7.05 Å². The molecule has 8 heteroatoms. The van der Waals surface area contributed by atoms with Crippen molar-refractivity contribution in [1.29, 1.82) is 0 Å². The highest BCUT2D eigenvalue weighted by molar-refractivity contribution is 5.72. The fourth-order valence-electron chi connectivity index (χ4n) is 3.01. The summed E-state index contributed by atoms with van der Waals surface area (Å²) in [6, 6.07) is 0. The van der Waals surface area contributed by atoms with E-state index in [4.69, 9.17) is 25.7 Å². The van der Waals surface area contributed by atoms with Crippen molar-refractivity contribution in [2.45, 2.75) is 39.2 Å². The summed E-state index contributed by atoms with van der Waals surface area (Å²) in [6.07, 6.45) is 17.0. The quantitative estimate of drug-likeness (QED) is 0.331. The van der Waals surface area contributed by atoms with Gasteiger partial charge in [0.1, 0.15) is 24.8 Å². The van der Waals surface area contributed by atoms with E-state index in [0.29, 0.717) is 37.9 Å². The Balaban J connectivity index is 1.90. The summed E-state index contributed by atoms with van der Waals surface area (Å²) >= 11 is 0. The predicted octanol–water partition coefficient (Wildman–Crippen LogP) is 3.64. The summed E-state index contributed by atoms with van der Waals surface area (Å²) < 4.78 is 17.9. The Bertz CT molecular complexity index is 820. The van der Waals surface area contributed by atoms with Gasteiger partial charge in [-0.2, -0.15) is 0 Å². The van der Waals surface area contributed by atoms with Crippen LogP contribution >= 0.6 is 0 Å². The summed E-state index contributed by atoms with van der Waals surface area (Å²) in [7, 11) is 1.84. The molecule has 32 heavy (non-hydrogen) atoms. The van der Waals surface area contributed by atoms with Crippen LogP contribution in [-0.4, -0.2) is 56.3 Å². The molecule has 1 atom stereocenters. The maximum Gasteiger partial charge on any atom is 0.159 e. The van der Waals surface area contributed by atoms with Gasteiger partial charge < -0.3 is 30.6 Å². The standard InChI is InChI=1S/C24H37N5O3/c1-4-6-10-19(5-2)13-30-15-21(16-31-14-20-11-8-7-9-12-20)32-18-29(3)24-22(25)23(26)27-17-28-24/h5-6,8,10-12,17,21H,4,7,9,13-16,18,25H2,1-3H3,(H2,26,27,28)/b10-6-,19-5+. The molecular formula is C24H37N5O3. The van der Waals surface area contributed by atoms with Crippen LogP contribution in [0.3, 0.4) is 0 Å². The summed E-state index contributed by atoms with van der Waals surface area (Å²) in [6.45, 7) is 6.27. The van der Waals surface area contributed by atoms with E-state index in [1.807, 2.05) is 14.0 Å². The number of hydrogen-bond donors (Lipinski definition) is 2. The van der Waals surface area contributed by atoms with Crippen LogP contribution < -0.4 is 16.4 Å². The first-order chi connectivity index (χ1) is 15.5. The lowest BCUT2D eigenvalue weighted by atomic mass is 10.1. The monoisotopic (exact) mass is 443 g/mol. The Labute approximate surface area is 191 Å². The number of nitrogen functional groups attached to an aromatic ring is 2. The largest absolute Gasteiger partial charge is 0.393 e. The van der Waals surface area contributed by atoms with Crippen molar-refractivity contribution in [3.8, 4) is 0 Å². The molecule has 0 aliphatic heterocycles. The first-order valence-corrected chi connectivity index (χ1v) is 11.1. The zero-order valence-corrected chi connectivity index (χ0v) is 19.5. The number of allylic oxidation sites excluding steroid dienone is 4. The average Bonchev–Trinajstić information content (AvgIpc) is 2.81. The molecule has 176 valence electrons. The number of aromatic nitrogens is 2. The molecule has 2 rings (SSSR count). The van der Waals surface area contributed by atoms with Gasteiger partial charge in [0.05, 0.1) is 26.4 Å². The average molecular weight is 444 g/mol. The second-order valence-corrected chi connectivity index (χ2v) is 7.58. The highest BCUT2D eigenvalue weighted by atomic mass is 16.6. The summed E-state index contributed by atoms with van der Waals surface area (Å²) in [4.78, 5) is 9.89. The number of rotatable bonds is 14. The van der Waals surface area contributed by atoms with Crippen molar-refractivity contribution >= 4 is 17.3 Å². The van der Waals surface area contributed by atoms with Gasteiger partial charge >= 0.3 is 0 Å². The first kappa shape index (κ1) is 25.6. The van der Waals surface area contributed by atoms with Crippen LogP contribution in [0.4, 0.5) is 17.3 Å². The third-order valence-corrected chi connectivity index (χ3v) is 4.91. The second-order valence-electron chi connectivity index (χ2n) is 7.58. The van der Waals surface area contributed by atoms with Gasteiger partial charge in [0.2, 0.25) is 0 Å². The molecule has 8 nitrogen and oxygen atoms in total. The highest BCUT2D eigenvalue weighted by Crippen LogP contribution is 2.22. The predicted molar refractivity (Wildman–Crippen MR) is 130 cm³/mol. The van der Waals surface area contributed by atoms with Gasteiger partial charge in [-0.15, -0.1) is 0 Å². The maximum absolute atomic E-state index is 6.08. The van der Waals surface area contributed by atoms with E-state index in [1.54, 1.807) is 4.90 Å². The van der Waals surface area contributed by atoms with Crippen molar-refractivity contribution < 1.29 is 14.2 Å². The number of hydrogen-bond acceptors (Lipinski definition) is 8. The highest BCUT2D eigenvalue weighted by Gasteiger charge is 2.15. The van der Waals surface area contributed by atoms with Gasteiger partial charge in [0.15, 0.2) is 11.6 Å². The second kappa shape index (κ2) is 14.4. The van der Waals surface area contributed by atoms with Crippen LogP contribution in [0.2, 0.25) is 0 Å².